The van der Waals surface area contributed by atoms with Crippen LogP contribution in [0, 0.1) is 5.92 Å². The van der Waals surface area contributed by atoms with Gasteiger partial charge in [-0.2, -0.15) is 0 Å². The number of hydrogen-bond acceptors (Lipinski definition) is 3. The van der Waals surface area contributed by atoms with E-state index in [1.165, 1.54) is 5.56 Å². The Balaban J connectivity index is 1.53. The van der Waals surface area contributed by atoms with Gasteiger partial charge in [0.05, 0.1) is 12.5 Å². The van der Waals surface area contributed by atoms with Gasteiger partial charge in [-0.25, -0.2) is 0 Å². The molecular formula is C18H20N2O2. The highest BCUT2D eigenvalue weighted by atomic mass is 16.5. The highest BCUT2D eigenvalue weighted by molar-refractivity contribution is 5.78. The van der Waals surface area contributed by atoms with E-state index in [1.54, 1.807) is 12.4 Å². The number of carbonyl (C=O) groups excluding carboxylic acids is 1. The molecule has 2 atom stereocenters. The van der Waals surface area contributed by atoms with Crippen LogP contribution in [-0.4, -0.2) is 24.0 Å². The number of ether oxygens (including phenoxy) is 1. The summed E-state index contributed by atoms with van der Waals surface area (Å²) in [5.41, 5.74) is 2.12. The summed E-state index contributed by atoms with van der Waals surface area (Å²) in [5, 5.41) is 3.03. The number of nitrogens with zero attached hydrogens (tertiary/aromatic N) is 1. The monoisotopic (exact) mass is 296 g/mol. The number of amides is 1. The Hall–Kier alpha value is -2.20. The highest BCUT2D eigenvalue weighted by Gasteiger charge is 2.29. The molecule has 1 aliphatic heterocycles. The lowest BCUT2D eigenvalue weighted by Crippen LogP contribution is -2.31. The molecule has 0 bridgehead atoms. The summed E-state index contributed by atoms with van der Waals surface area (Å²) < 4.78 is 5.84. The number of carbonyl (C=O) groups is 1. The third-order valence-corrected chi connectivity index (χ3v) is 3.99. The molecule has 4 nitrogen and oxygen atoms in total. The van der Waals surface area contributed by atoms with Gasteiger partial charge in [-0.3, -0.25) is 9.78 Å². The zero-order valence-electron chi connectivity index (χ0n) is 12.4. The van der Waals surface area contributed by atoms with E-state index in [0.29, 0.717) is 18.9 Å². The molecule has 4 heteroatoms. The third kappa shape index (κ3) is 3.71. The van der Waals surface area contributed by atoms with E-state index < -0.39 is 0 Å². The van der Waals surface area contributed by atoms with Crippen molar-refractivity contribution in [2.45, 2.75) is 18.9 Å². The van der Waals surface area contributed by atoms with Gasteiger partial charge in [0.15, 0.2) is 0 Å². The van der Waals surface area contributed by atoms with Gasteiger partial charge in [0.1, 0.15) is 0 Å². The van der Waals surface area contributed by atoms with E-state index in [2.05, 4.69) is 22.4 Å². The van der Waals surface area contributed by atoms with Gasteiger partial charge in [-0.15, -0.1) is 0 Å². The normalized spacial score (nSPS) is 20.7. The van der Waals surface area contributed by atoms with E-state index in [0.717, 1.165) is 18.6 Å². The fourth-order valence-electron chi connectivity index (χ4n) is 2.85. The average molecular weight is 296 g/mol. The molecule has 2 heterocycles. The fraction of sp³-hybridized carbons (Fsp3) is 0.333. The lowest BCUT2D eigenvalue weighted by atomic mass is 9.95. The maximum absolute atomic E-state index is 12.0. The zero-order chi connectivity index (χ0) is 15.2. The van der Waals surface area contributed by atoms with Crippen molar-refractivity contribution >= 4 is 5.91 Å². The van der Waals surface area contributed by atoms with Gasteiger partial charge in [-0.1, -0.05) is 36.4 Å². The van der Waals surface area contributed by atoms with Crippen molar-refractivity contribution < 1.29 is 9.53 Å². The van der Waals surface area contributed by atoms with Crippen molar-refractivity contribution in [3.8, 4) is 0 Å². The summed E-state index contributed by atoms with van der Waals surface area (Å²) in [7, 11) is 0. The molecule has 1 aliphatic rings. The molecule has 0 unspecified atom stereocenters. The summed E-state index contributed by atoms with van der Waals surface area (Å²) in [5.74, 6) is 0.368. The van der Waals surface area contributed by atoms with E-state index in [-0.39, 0.29) is 12.0 Å². The topological polar surface area (TPSA) is 51.2 Å². The SMILES string of the molecule is O=C(Cc1cccnc1)NC[C@H]1CCO[C@@H]1c1ccccc1. The second-order valence-electron chi connectivity index (χ2n) is 5.59. The molecule has 0 saturated carbocycles. The molecule has 1 fully saturated rings. The molecule has 1 aromatic carbocycles. The van der Waals surface area contributed by atoms with Crippen molar-refractivity contribution in [1.82, 2.24) is 10.3 Å². The fourth-order valence-corrected chi connectivity index (χ4v) is 2.85. The standard InChI is InChI=1S/C18H20N2O2/c21-17(11-14-5-4-9-19-12-14)20-13-16-8-10-22-18(16)15-6-2-1-3-7-15/h1-7,9,12,16,18H,8,10-11,13H2,(H,20,21)/t16-,18-/m1/s1. The van der Waals surface area contributed by atoms with E-state index in [4.69, 9.17) is 4.74 Å². The molecule has 1 aromatic heterocycles. The molecule has 1 saturated heterocycles. The lowest BCUT2D eigenvalue weighted by molar-refractivity contribution is -0.120. The minimum Gasteiger partial charge on any atom is -0.373 e. The van der Waals surface area contributed by atoms with Crippen LogP contribution in [0.4, 0.5) is 0 Å². The van der Waals surface area contributed by atoms with Crippen LogP contribution < -0.4 is 5.32 Å². The first kappa shape index (κ1) is 14.7. The second-order valence-corrected chi connectivity index (χ2v) is 5.59. The summed E-state index contributed by atoms with van der Waals surface area (Å²) in [4.78, 5) is 16.1. The Morgan fingerprint density at radius 1 is 1.23 bits per heavy atom. The minimum absolute atomic E-state index is 0.0340. The van der Waals surface area contributed by atoms with Crippen LogP contribution >= 0.6 is 0 Å². The zero-order valence-corrected chi connectivity index (χ0v) is 12.4. The Morgan fingerprint density at radius 2 is 2.09 bits per heavy atom. The maximum Gasteiger partial charge on any atom is 0.224 e. The van der Waals surface area contributed by atoms with E-state index in [9.17, 15) is 4.79 Å². The van der Waals surface area contributed by atoms with Crippen molar-refractivity contribution in [3.63, 3.8) is 0 Å². The minimum atomic E-state index is 0.0340. The molecule has 0 spiro atoms. The molecule has 0 radical (unpaired) electrons. The van der Waals surface area contributed by atoms with Gasteiger partial charge in [-0.05, 0) is 23.6 Å². The van der Waals surface area contributed by atoms with Crippen LogP contribution in [0.2, 0.25) is 0 Å². The van der Waals surface area contributed by atoms with Crippen LogP contribution in [0.5, 0.6) is 0 Å². The van der Waals surface area contributed by atoms with E-state index in [1.807, 2.05) is 30.3 Å². The first-order valence-electron chi connectivity index (χ1n) is 7.65. The van der Waals surface area contributed by atoms with Crippen molar-refractivity contribution in [1.29, 1.82) is 0 Å². The van der Waals surface area contributed by atoms with Crippen LogP contribution in [0.1, 0.15) is 23.7 Å². The van der Waals surface area contributed by atoms with Gasteiger partial charge >= 0.3 is 0 Å². The van der Waals surface area contributed by atoms with Gasteiger partial charge in [0, 0.05) is 31.5 Å². The molecular weight excluding hydrogens is 276 g/mol. The van der Waals surface area contributed by atoms with Crippen LogP contribution in [0.25, 0.3) is 0 Å². The van der Waals surface area contributed by atoms with Gasteiger partial charge in [0.2, 0.25) is 5.91 Å². The van der Waals surface area contributed by atoms with Crippen LogP contribution in [0.3, 0.4) is 0 Å². The molecule has 1 N–H and O–H groups in total. The number of pyridine rings is 1. The Labute approximate surface area is 130 Å². The number of nitrogens with one attached hydrogen (secondary N) is 1. The predicted octanol–water partition coefficient (Wildman–Crippen LogP) is 2.52. The lowest BCUT2D eigenvalue weighted by Gasteiger charge is -2.19. The second kappa shape index (κ2) is 7.18. The summed E-state index contributed by atoms with van der Waals surface area (Å²) in [6.45, 7) is 1.40. The number of benzene rings is 1. The summed E-state index contributed by atoms with van der Waals surface area (Å²) in [6, 6.07) is 14.0. The van der Waals surface area contributed by atoms with Crippen molar-refractivity contribution in [3.05, 3.63) is 66.0 Å². The molecule has 0 aliphatic carbocycles. The number of aromatic nitrogens is 1. The van der Waals surface area contributed by atoms with Crippen molar-refractivity contribution in [2.75, 3.05) is 13.2 Å². The van der Waals surface area contributed by atoms with Crippen LogP contribution in [0.15, 0.2) is 54.9 Å². The van der Waals surface area contributed by atoms with Crippen molar-refractivity contribution in [2.24, 2.45) is 5.92 Å². The maximum atomic E-state index is 12.0. The largest absolute Gasteiger partial charge is 0.373 e. The summed E-state index contributed by atoms with van der Waals surface area (Å²) in [6.07, 6.45) is 4.87. The predicted molar refractivity (Wildman–Crippen MR) is 84.2 cm³/mol. The molecule has 2 aromatic rings. The smallest absolute Gasteiger partial charge is 0.224 e. The quantitative estimate of drug-likeness (QED) is 0.922. The molecule has 3 rings (SSSR count). The van der Waals surface area contributed by atoms with Crippen LogP contribution in [-0.2, 0) is 16.0 Å². The number of rotatable bonds is 5. The summed E-state index contributed by atoms with van der Waals surface area (Å²) >= 11 is 0. The van der Waals surface area contributed by atoms with E-state index >= 15 is 0 Å². The molecule has 1 amide bonds. The number of hydrogen-bond donors (Lipinski definition) is 1. The van der Waals surface area contributed by atoms with Gasteiger partial charge < -0.3 is 10.1 Å². The Morgan fingerprint density at radius 3 is 2.86 bits per heavy atom. The molecule has 22 heavy (non-hydrogen) atoms. The highest BCUT2D eigenvalue weighted by Crippen LogP contribution is 2.33. The molecule has 114 valence electrons. The Bertz CT molecular complexity index is 601. The first-order valence-corrected chi connectivity index (χ1v) is 7.65. The third-order valence-electron chi connectivity index (χ3n) is 3.99. The first-order chi connectivity index (χ1) is 10.8. The van der Waals surface area contributed by atoms with Gasteiger partial charge in [0.25, 0.3) is 0 Å². The Kier molecular flexibility index (Phi) is 4.81. The average Bonchev–Trinajstić information content (AvgIpc) is 3.03.